The molecule has 2 heterocycles. The van der Waals surface area contributed by atoms with Gasteiger partial charge in [-0.1, -0.05) is 73.6 Å². The molecule has 1 unspecified atom stereocenters. The first kappa shape index (κ1) is 23.1. The predicted molar refractivity (Wildman–Crippen MR) is 126 cm³/mol. The lowest BCUT2D eigenvalue weighted by molar-refractivity contribution is -0.144. The molecular formula is C26H32N4O3. The minimum absolute atomic E-state index is 0.0321. The summed E-state index contributed by atoms with van der Waals surface area (Å²) in [5.74, 6) is 1.83. The normalized spacial score (nSPS) is 15.7. The zero-order valence-electron chi connectivity index (χ0n) is 19.6. The number of piperazine rings is 1. The maximum Gasteiger partial charge on any atom is 0.256 e. The highest BCUT2D eigenvalue weighted by molar-refractivity contribution is 5.82. The van der Waals surface area contributed by atoms with Crippen molar-refractivity contribution < 1.29 is 14.1 Å². The Balaban J connectivity index is 1.30. The van der Waals surface area contributed by atoms with E-state index in [0.717, 1.165) is 37.2 Å². The maximum absolute atomic E-state index is 13.0. The van der Waals surface area contributed by atoms with Crippen LogP contribution in [0.2, 0.25) is 0 Å². The summed E-state index contributed by atoms with van der Waals surface area (Å²) in [6.07, 6.45) is 0.243. The van der Waals surface area contributed by atoms with Crippen molar-refractivity contribution >= 4 is 5.91 Å². The van der Waals surface area contributed by atoms with E-state index in [1.165, 1.54) is 5.56 Å². The molecule has 3 aromatic rings. The summed E-state index contributed by atoms with van der Waals surface area (Å²) in [4.78, 5) is 21.8. The van der Waals surface area contributed by atoms with Crippen molar-refractivity contribution in [2.75, 3.05) is 33.3 Å². The van der Waals surface area contributed by atoms with E-state index in [9.17, 15) is 4.79 Å². The van der Waals surface area contributed by atoms with Crippen LogP contribution in [0, 0.1) is 5.92 Å². The summed E-state index contributed by atoms with van der Waals surface area (Å²) in [5.41, 5.74) is 3.08. The Bertz CT molecular complexity index is 1030. The third kappa shape index (κ3) is 5.86. The highest BCUT2D eigenvalue weighted by atomic mass is 16.5. The van der Waals surface area contributed by atoms with E-state index in [-0.39, 0.29) is 5.91 Å². The number of methoxy groups -OCH3 is 1. The maximum atomic E-state index is 13.0. The van der Waals surface area contributed by atoms with Crippen molar-refractivity contribution in [3.8, 4) is 11.4 Å². The first-order valence-corrected chi connectivity index (χ1v) is 11.5. The van der Waals surface area contributed by atoms with Crippen LogP contribution >= 0.6 is 0 Å². The molecule has 1 fully saturated rings. The van der Waals surface area contributed by atoms with Gasteiger partial charge in [0, 0.05) is 51.8 Å². The zero-order chi connectivity index (χ0) is 23.2. The molecule has 1 aliphatic heterocycles. The number of amides is 1. The van der Waals surface area contributed by atoms with Gasteiger partial charge in [-0.3, -0.25) is 9.69 Å². The van der Waals surface area contributed by atoms with Gasteiger partial charge in [0.25, 0.3) is 5.91 Å². The lowest BCUT2D eigenvalue weighted by Crippen LogP contribution is -2.49. The van der Waals surface area contributed by atoms with E-state index >= 15 is 0 Å². The number of benzene rings is 2. The van der Waals surface area contributed by atoms with Gasteiger partial charge in [0.1, 0.15) is 0 Å². The molecule has 0 aliphatic carbocycles. The van der Waals surface area contributed by atoms with Crippen LogP contribution in [0.3, 0.4) is 0 Å². The van der Waals surface area contributed by atoms with E-state index in [4.69, 9.17) is 9.26 Å². The van der Waals surface area contributed by atoms with Gasteiger partial charge in [-0.25, -0.2) is 0 Å². The highest BCUT2D eigenvalue weighted by Gasteiger charge is 2.28. The van der Waals surface area contributed by atoms with Crippen molar-refractivity contribution in [1.82, 2.24) is 19.9 Å². The summed E-state index contributed by atoms with van der Waals surface area (Å²) in [7, 11) is 1.59. The first-order valence-electron chi connectivity index (χ1n) is 11.5. The average molecular weight is 449 g/mol. The molecule has 0 saturated carbocycles. The van der Waals surface area contributed by atoms with Gasteiger partial charge in [0.05, 0.1) is 0 Å². The van der Waals surface area contributed by atoms with Gasteiger partial charge in [-0.15, -0.1) is 0 Å². The number of nitrogens with zero attached hydrogens (tertiary/aromatic N) is 4. The molecule has 0 spiro atoms. The molecule has 1 aliphatic rings. The molecule has 33 heavy (non-hydrogen) atoms. The largest absolute Gasteiger partial charge is 0.367 e. The number of rotatable bonds is 8. The number of hydrogen-bond acceptors (Lipinski definition) is 6. The fourth-order valence-electron chi connectivity index (χ4n) is 4.12. The Hall–Kier alpha value is -3.03. The predicted octanol–water partition coefficient (Wildman–Crippen LogP) is 3.97. The number of carbonyl (C=O) groups excluding carboxylic acids is 1. The summed E-state index contributed by atoms with van der Waals surface area (Å²) >= 11 is 0. The third-order valence-corrected chi connectivity index (χ3v) is 5.92. The second-order valence-electron chi connectivity index (χ2n) is 8.93. The Kier molecular flexibility index (Phi) is 7.52. The third-order valence-electron chi connectivity index (χ3n) is 5.92. The molecule has 1 saturated heterocycles. The molecule has 0 bridgehead atoms. The van der Waals surface area contributed by atoms with Crippen LogP contribution in [0.15, 0.2) is 59.1 Å². The van der Waals surface area contributed by atoms with Crippen LogP contribution < -0.4 is 0 Å². The minimum Gasteiger partial charge on any atom is -0.367 e. The van der Waals surface area contributed by atoms with E-state index in [2.05, 4.69) is 41.0 Å². The summed E-state index contributed by atoms with van der Waals surface area (Å²) in [6, 6.07) is 18.0. The second kappa shape index (κ2) is 10.7. The molecule has 7 nitrogen and oxygen atoms in total. The van der Waals surface area contributed by atoms with Crippen LogP contribution in [-0.4, -0.2) is 59.1 Å². The van der Waals surface area contributed by atoms with Gasteiger partial charge in [-0.05, 0) is 17.0 Å². The summed E-state index contributed by atoms with van der Waals surface area (Å²) in [5, 5.41) is 4.11. The lowest BCUT2D eigenvalue weighted by atomic mass is 10.1. The monoisotopic (exact) mass is 448 g/mol. The fraction of sp³-hybridized carbons (Fsp3) is 0.423. The molecule has 174 valence electrons. The number of ether oxygens (including phenoxy) is 1. The van der Waals surface area contributed by atoms with E-state index in [1.54, 1.807) is 7.11 Å². The van der Waals surface area contributed by atoms with Crippen LogP contribution in [0.5, 0.6) is 0 Å². The van der Waals surface area contributed by atoms with Crippen molar-refractivity contribution in [3.05, 3.63) is 71.6 Å². The average Bonchev–Trinajstić information content (AvgIpc) is 3.29. The van der Waals surface area contributed by atoms with Crippen LogP contribution in [0.4, 0.5) is 0 Å². The zero-order valence-corrected chi connectivity index (χ0v) is 19.6. The number of hydrogen-bond donors (Lipinski definition) is 0. The Labute approximate surface area is 195 Å². The fourth-order valence-corrected chi connectivity index (χ4v) is 4.12. The highest BCUT2D eigenvalue weighted by Crippen LogP contribution is 2.22. The Morgan fingerprint density at radius 1 is 1.03 bits per heavy atom. The lowest BCUT2D eigenvalue weighted by Gasteiger charge is -2.36. The molecule has 7 heteroatoms. The van der Waals surface area contributed by atoms with Crippen molar-refractivity contribution in [3.63, 3.8) is 0 Å². The molecule has 0 N–H and O–H groups in total. The first-order chi connectivity index (χ1) is 16.0. The molecule has 0 radical (unpaired) electrons. The molecular weight excluding hydrogens is 416 g/mol. The van der Waals surface area contributed by atoms with E-state index < -0.39 is 6.10 Å². The SMILES string of the molecule is COC(C(=O)N1CCN(Cc2ccc(-c3noc(CC(C)C)n3)cc2)CC1)c1ccccc1. The van der Waals surface area contributed by atoms with Crippen LogP contribution in [0.25, 0.3) is 11.4 Å². The van der Waals surface area contributed by atoms with Gasteiger partial charge >= 0.3 is 0 Å². The molecule has 1 atom stereocenters. The number of carbonyl (C=O) groups is 1. The van der Waals surface area contributed by atoms with E-state index in [0.29, 0.717) is 30.7 Å². The Morgan fingerprint density at radius 2 is 1.73 bits per heavy atom. The van der Waals surface area contributed by atoms with Crippen molar-refractivity contribution in [2.24, 2.45) is 5.92 Å². The van der Waals surface area contributed by atoms with Crippen molar-refractivity contribution in [1.29, 1.82) is 0 Å². The van der Waals surface area contributed by atoms with Gasteiger partial charge in [0.2, 0.25) is 11.7 Å². The van der Waals surface area contributed by atoms with Crippen molar-refractivity contribution in [2.45, 2.75) is 32.9 Å². The summed E-state index contributed by atoms with van der Waals surface area (Å²) < 4.78 is 10.9. The number of aromatic nitrogens is 2. The Morgan fingerprint density at radius 3 is 2.36 bits per heavy atom. The topological polar surface area (TPSA) is 71.7 Å². The quantitative estimate of drug-likeness (QED) is 0.519. The molecule has 4 rings (SSSR count). The van der Waals surface area contributed by atoms with Gasteiger partial charge in [0.15, 0.2) is 6.10 Å². The standard InChI is InChI=1S/C26H32N4O3/c1-19(2)17-23-27-25(28-33-23)22-11-9-20(10-12-22)18-29-13-15-30(16-14-29)26(31)24(32-3)21-7-5-4-6-8-21/h4-12,19,24H,13-18H2,1-3H3. The van der Waals surface area contributed by atoms with Crippen LogP contribution in [0.1, 0.15) is 37.0 Å². The molecule has 1 amide bonds. The van der Waals surface area contributed by atoms with Gasteiger partial charge in [-0.2, -0.15) is 4.98 Å². The molecule has 2 aromatic carbocycles. The molecule has 1 aromatic heterocycles. The smallest absolute Gasteiger partial charge is 0.256 e. The van der Waals surface area contributed by atoms with Crippen LogP contribution in [-0.2, 0) is 22.5 Å². The minimum atomic E-state index is -0.545. The second-order valence-corrected chi connectivity index (χ2v) is 8.93. The van der Waals surface area contributed by atoms with E-state index in [1.807, 2.05) is 47.4 Å². The summed E-state index contributed by atoms with van der Waals surface area (Å²) in [6.45, 7) is 8.18. The van der Waals surface area contributed by atoms with Gasteiger partial charge < -0.3 is 14.2 Å².